The van der Waals surface area contributed by atoms with Gasteiger partial charge >= 0.3 is 5.97 Å². The second-order valence-corrected chi connectivity index (χ2v) is 5.10. The summed E-state index contributed by atoms with van der Waals surface area (Å²) in [5, 5.41) is 9.02. The first-order valence-electron chi connectivity index (χ1n) is 6.49. The summed E-state index contributed by atoms with van der Waals surface area (Å²) in [5.74, 6) is -1.12. The molecule has 0 spiro atoms. The Hall–Kier alpha value is -1.46. The van der Waals surface area contributed by atoms with Crippen LogP contribution in [-0.4, -0.2) is 59.6 Å². The normalized spacial score (nSPS) is 12.9. The first-order chi connectivity index (χ1) is 8.99. The molecule has 5 heteroatoms. The van der Waals surface area contributed by atoms with Gasteiger partial charge < -0.3 is 10.0 Å². The predicted octanol–water partition coefficient (Wildman–Crippen LogP) is 1.17. The Bertz CT molecular complexity index is 382. The first kappa shape index (κ1) is 15.6. The molecule has 0 radical (unpaired) electrons. The molecule has 0 aromatic carbocycles. The van der Waals surface area contributed by atoms with Crippen molar-refractivity contribution in [1.29, 1.82) is 0 Å². The largest absolute Gasteiger partial charge is 0.481 e. The molecule has 0 aliphatic carbocycles. The molecule has 0 aliphatic rings. The maximum Gasteiger partial charge on any atom is 0.307 e. The van der Waals surface area contributed by atoms with Gasteiger partial charge in [0, 0.05) is 32.4 Å². The molecule has 0 bridgehead atoms. The van der Waals surface area contributed by atoms with Crippen molar-refractivity contribution < 1.29 is 9.90 Å². The van der Waals surface area contributed by atoms with E-state index in [0.717, 1.165) is 18.8 Å². The van der Waals surface area contributed by atoms with Gasteiger partial charge in [0.2, 0.25) is 0 Å². The summed E-state index contributed by atoms with van der Waals surface area (Å²) in [6.07, 6.45) is 1.76. The molecule has 1 heterocycles. The van der Waals surface area contributed by atoms with Gasteiger partial charge in [-0.05, 0) is 26.2 Å². The lowest BCUT2D eigenvalue weighted by Crippen LogP contribution is -2.36. The minimum atomic E-state index is -0.754. The number of aromatic nitrogens is 1. The number of hydrogen-bond donors (Lipinski definition) is 1. The van der Waals surface area contributed by atoms with E-state index in [2.05, 4.69) is 14.8 Å². The Kier molecular flexibility index (Phi) is 6.45. The lowest BCUT2D eigenvalue weighted by atomic mass is 10.1. The highest BCUT2D eigenvalue weighted by atomic mass is 16.4. The van der Waals surface area contributed by atoms with E-state index in [9.17, 15) is 4.79 Å². The number of hydrogen-bond acceptors (Lipinski definition) is 4. The van der Waals surface area contributed by atoms with Crippen molar-refractivity contribution in [2.75, 3.05) is 33.7 Å². The summed E-state index contributed by atoms with van der Waals surface area (Å²) in [5.41, 5.74) is 0.971. The number of aliphatic carboxylic acids is 1. The van der Waals surface area contributed by atoms with Crippen molar-refractivity contribution >= 4 is 5.97 Å². The van der Waals surface area contributed by atoms with Gasteiger partial charge in [-0.3, -0.25) is 14.7 Å². The molecule has 19 heavy (non-hydrogen) atoms. The van der Waals surface area contributed by atoms with Crippen LogP contribution < -0.4 is 0 Å². The predicted molar refractivity (Wildman–Crippen MR) is 74.9 cm³/mol. The van der Waals surface area contributed by atoms with Crippen LogP contribution in [0.15, 0.2) is 24.4 Å². The zero-order chi connectivity index (χ0) is 14.3. The quantitative estimate of drug-likeness (QED) is 0.764. The highest BCUT2D eigenvalue weighted by molar-refractivity contribution is 5.69. The molecule has 1 unspecified atom stereocenters. The van der Waals surface area contributed by atoms with Crippen molar-refractivity contribution in [3.8, 4) is 0 Å². The Morgan fingerprint density at radius 2 is 2.11 bits per heavy atom. The van der Waals surface area contributed by atoms with Crippen molar-refractivity contribution in [1.82, 2.24) is 14.8 Å². The van der Waals surface area contributed by atoms with E-state index < -0.39 is 5.97 Å². The number of rotatable bonds is 8. The highest BCUT2D eigenvalue weighted by Crippen LogP contribution is 2.06. The zero-order valence-electron chi connectivity index (χ0n) is 11.9. The smallest absolute Gasteiger partial charge is 0.307 e. The Morgan fingerprint density at radius 1 is 1.37 bits per heavy atom. The summed E-state index contributed by atoms with van der Waals surface area (Å²) in [7, 11) is 4.03. The van der Waals surface area contributed by atoms with Gasteiger partial charge in [-0.1, -0.05) is 13.0 Å². The molecule has 106 valence electrons. The van der Waals surface area contributed by atoms with Gasteiger partial charge in [-0.2, -0.15) is 0 Å². The van der Waals surface area contributed by atoms with Crippen molar-refractivity contribution in [2.45, 2.75) is 13.5 Å². The number of likely N-dealkylation sites (N-methyl/N-ethyl adjacent to an activating group) is 1. The Labute approximate surface area is 114 Å². The SMILES string of the molecule is CC(CN(CCN(C)C)Cc1ccccn1)C(=O)O. The average Bonchev–Trinajstić information content (AvgIpc) is 2.37. The van der Waals surface area contributed by atoms with Gasteiger partial charge in [-0.15, -0.1) is 0 Å². The van der Waals surface area contributed by atoms with Crippen LogP contribution in [0, 0.1) is 5.92 Å². The fourth-order valence-electron chi connectivity index (χ4n) is 1.76. The molecular weight excluding hydrogens is 242 g/mol. The zero-order valence-corrected chi connectivity index (χ0v) is 11.9. The molecule has 1 atom stereocenters. The van der Waals surface area contributed by atoms with Gasteiger partial charge in [-0.25, -0.2) is 0 Å². The van der Waals surface area contributed by atoms with Crippen LogP contribution >= 0.6 is 0 Å². The number of pyridine rings is 1. The maximum absolute atomic E-state index is 11.0. The third kappa shape index (κ3) is 6.31. The fourth-order valence-corrected chi connectivity index (χ4v) is 1.76. The van der Waals surface area contributed by atoms with E-state index in [1.165, 1.54) is 0 Å². The van der Waals surface area contributed by atoms with E-state index >= 15 is 0 Å². The summed E-state index contributed by atoms with van der Waals surface area (Å²) in [6.45, 7) is 4.70. The maximum atomic E-state index is 11.0. The van der Waals surface area contributed by atoms with Crippen LogP contribution in [0.3, 0.4) is 0 Å². The van der Waals surface area contributed by atoms with Gasteiger partial charge in [0.15, 0.2) is 0 Å². The minimum absolute atomic E-state index is 0.370. The van der Waals surface area contributed by atoms with Gasteiger partial charge in [0.1, 0.15) is 0 Å². The molecule has 5 nitrogen and oxygen atoms in total. The second kappa shape index (κ2) is 7.86. The van der Waals surface area contributed by atoms with E-state index in [-0.39, 0.29) is 5.92 Å². The van der Waals surface area contributed by atoms with E-state index in [0.29, 0.717) is 13.1 Å². The second-order valence-electron chi connectivity index (χ2n) is 5.10. The monoisotopic (exact) mass is 265 g/mol. The molecule has 1 rings (SSSR count). The van der Waals surface area contributed by atoms with Gasteiger partial charge in [0.05, 0.1) is 11.6 Å². The first-order valence-corrected chi connectivity index (χ1v) is 6.49. The minimum Gasteiger partial charge on any atom is -0.481 e. The summed E-state index contributed by atoms with van der Waals surface area (Å²) in [6, 6.07) is 5.80. The molecule has 0 saturated carbocycles. The highest BCUT2D eigenvalue weighted by Gasteiger charge is 2.16. The van der Waals surface area contributed by atoms with Crippen molar-refractivity contribution in [3.05, 3.63) is 30.1 Å². The standard InChI is InChI=1S/C14H23N3O2/c1-12(14(18)19)10-17(9-8-16(2)3)11-13-6-4-5-7-15-13/h4-7,12H,8-11H2,1-3H3,(H,18,19). The summed E-state index contributed by atoms with van der Waals surface area (Å²) < 4.78 is 0. The van der Waals surface area contributed by atoms with E-state index in [1.807, 2.05) is 32.3 Å². The molecule has 1 aromatic rings. The Morgan fingerprint density at radius 3 is 2.63 bits per heavy atom. The van der Waals surface area contributed by atoms with E-state index in [4.69, 9.17) is 5.11 Å². The summed E-state index contributed by atoms with van der Waals surface area (Å²) in [4.78, 5) is 19.5. The van der Waals surface area contributed by atoms with Crippen molar-refractivity contribution in [3.63, 3.8) is 0 Å². The number of nitrogens with zero attached hydrogens (tertiary/aromatic N) is 3. The molecule has 1 aromatic heterocycles. The van der Waals surface area contributed by atoms with E-state index in [1.54, 1.807) is 13.1 Å². The Balaban J connectivity index is 2.60. The molecule has 0 aliphatic heterocycles. The van der Waals surface area contributed by atoms with Crippen LogP contribution in [0.25, 0.3) is 0 Å². The van der Waals surface area contributed by atoms with Crippen LogP contribution in [-0.2, 0) is 11.3 Å². The molecule has 0 saturated heterocycles. The third-order valence-corrected chi connectivity index (χ3v) is 2.93. The molecular formula is C14H23N3O2. The lowest BCUT2D eigenvalue weighted by molar-refractivity contribution is -0.141. The average molecular weight is 265 g/mol. The van der Waals surface area contributed by atoms with Crippen LogP contribution in [0.1, 0.15) is 12.6 Å². The number of carboxylic acid groups (broad SMARTS) is 1. The summed E-state index contributed by atoms with van der Waals surface area (Å²) >= 11 is 0. The van der Waals surface area contributed by atoms with Gasteiger partial charge in [0.25, 0.3) is 0 Å². The van der Waals surface area contributed by atoms with Crippen LogP contribution in [0.4, 0.5) is 0 Å². The molecule has 1 N–H and O–H groups in total. The molecule has 0 amide bonds. The van der Waals surface area contributed by atoms with Crippen LogP contribution in [0.2, 0.25) is 0 Å². The fraction of sp³-hybridized carbons (Fsp3) is 0.571. The molecule has 0 fully saturated rings. The van der Waals surface area contributed by atoms with Crippen molar-refractivity contribution in [2.24, 2.45) is 5.92 Å². The number of carboxylic acids is 1. The number of carbonyl (C=O) groups is 1. The lowest BCUT2D eigenvalue weighted by Gasteiger charge is -2.25. The topological polar surface area (TPSA) is 56.7 Å². The van der Waals surface area contributed by atoms with Crippen LogP contribution in [0.5, 0.6) is 0 Å². The third-order valence-electron chi connectivity index (χ3n) is 2.93.